The van der Waals surface area contributed by atoms with E-state index in [1.165, 1.54) is 6.21 Å². The van der Waals surface area contributed by atoms with Gasteiger partial charge in [0, 0.05) is 6.42 Å². The molecule has 0 saturated carbocycles. The first kappa shape index (κ1) is 23.7. The van der Waals surface area contributed by atoms with Gasteiger partial charge in [-0.3, -0.25) is 4.79 Å². The molecule has 0 fully saturated rings. The summed E-state index contributed by atoms with van der Waals surface area (Å²) in [4.78, 5) is 24.5. The Morgan fingerprint density at radius 1 is 1.10 bits per heavy atom. The summed E-state index contributed by atoms with van der Waals surface area (Å²) in [6, 6.07) is 13.9. The molecule has 0 unspecified atom stereocenters. The number of amides is 2. The van der Waals surface area contributed by atoms with Gasteiger partial charge in [-0.25, -0.2) is 10.2 Å². The summed E-state index contributed by atoms with van der Waals surface area (Å²) < 4.78 is 15.9. The molecular weight excluding hydrogens is 398 g/mol. The van der Waals surface area contributed by atoms with Crippen molar-refractivity contribution >= 4 is 18.2 Å². The van der Waals surface area contributed by atoms with Crippen LogP contribution in [0.3, 0.4) is 0 Å². The van der Waals surface area contributed by atoms with E-state index >= 15 is 0 Å². The van der Waals surface area contributed by atoms with Gasteiger partial charge < -0.3 is 19.5 Å². The van der Waals surface area contributed by atoms with Gasteiger partial charge in [-0.1, -0.05) is 30.3 Å². The second kappa shape index (κ2) is 12.2. The summed E-state index contributed by atoms with van der Waals surface area (Å²) in [5.41, 5.74) is 4.08. The molecule has 2 aromatic rings. The van der Waals surface area contributed by atoms with E-state index in [0.29, 0.717) is 23.5 Å². The molecule has 2 N–H and O–H groups in total. The van der Waals surface area contributed by atoms with Crippen LogP contribution in [0.2, 0.25) is 0 Å². The van der Waals surface area contributed by atoms with Crippen LogP contribution < -0.4 is 20.2 Å². The molecule has 31 heavy (non-hydrogen) atoms. The molecule has 2 aromatic carbocycles. The zero-order chi connectivity index (χ0) is 22.6. The molecule has 0 spiro atoms. The number of alkyl carbamates (subject to hydrolysis) is 1. The number of nitrogens with one attached hydrogen (secondary N) is 2. The molecule has 0 aliphatic heterocycles. The van der Waals surface area contributed by atoms with Crippen molar-refractivity contribution < 1.29 is 23.8 Å². The van der Waals surface area contributed by atoms with Crippen LogP contribution in [0, 0.1) is 0 Å². The van der Waals surface area contributed by atoms with Crippen molar-refractivity contribution in [1.29, 1.82) is 0 Å². The lowest BCUT2D eigenvalue weighted by molar-refractivity contribution is -0.123. The van der Waals surface area contributed by atoms with Crippen molar-refractivity contribution in [2.75, 3.05) is 13.7 Å². The maximum atomic E-state index is 12.6. The maximum Gasteiger partial charge on any atom is 0.407 e. The number of nitrogens with zero attached hydrogens (tertiary/aromatic N) is 1. The topological polar surface area (TPSA) is 98.2 Å². The van der Waals surface area contributed by atoms with Gasteiger partial charge in [0.05, 0.1) is 26.0 Å². The molecule has 0 saturated heterocycles. The highest BCUT2D eigenvalue weighted by Crippen LogP contribution is 2.28. The normalized spacial score (nSPS) is 11.8. The minimum absolute atomic E-state index is 0.0150. The Hall–Kier alpha value is -3.55. The van der Waals surface area contributed by atoms with Crippen LogP contribution in [0.5, 0.6) is 11.5 Å². The lowest BCUT2D eigenvalue weighted by Crippen LogP contribution is -2.47. The highest BCUT2D eigenvalue weighted by atomic mass is 16.5. The fourth-order valence-electron chi connectivity index (χ4n) is 2.74. The number of carbonyl (C=O) groups is 2. The molecule has 2 amide bonds. The Bertz CT molecular complexity index is 884. The first-order valence-corrected chi connectivity index (χ1v) is 10.1. The van der Waals surface area contributed by atoms with Gasteiger partial charge >= 0.3 is 6.09 Å². The summed E-state index contributed by atoms with van der Waals surface area (Å²) in [7, 11) is 1.56. The SMILES string of the molecule is CCOC(=O)N[C@@H](Cc1ccccc1)C(=O)N/N=C\c1ccc(OC(C)C)c(OC)c1. The molecule has 8 heteroatoms. The summed E-state index contributed by atoms with van der Waals surface area (Å²) in [6.45, 7) is 5.77. The van der Waals surface area contributed by atoms with Crippen LogP contribution in [0.25, 0.3) is 0 Å². The van der Waals surface area contributed by atoms with Gasteiger partial charge in [-0.15, -0.1) is 0 Å². The van der Waals surface area contributed by atoms with E-state index in [-0.39, 0.29) is 12.7 Å². The maximum absolute atomic E-state index is 12.6. The van der Waals surface area contributed by atoms with E-state index < -0.39 is 18.0 Å². The van der Waals surface area contributed by atoms with Crippen molar-refractivity contribution in [2.45, 2.75) is 39.3 Å². The number of carbonyl (C=O) groups excluding carboxylic acids is 2. The Morgan fingerprint density at radius 3 is 2.48 bits per heavy atom. The lowest BCUT2D eigenvalue weighted by Gasteiger charge is -2.17. The molecule has 2 rings (SSSR count). The highest BCUT2D eigenvalue weighted by Gasteiger charge is 2.21. The number of hydrogen-bond donors (Lipinski definition) is 2. The molecule has 0 aromatic heterocycles. The molecule has 0 aliphatic rings. The predicted molar refractivity (Wildman–Crippen MR) is 119 cm³/mol. The monoisotopic (exact) mass is 427 g/mol. The quantitative estimate of drug-likeness (QED) is 0.448. The van der Waals surface area contributed by atoms with E-state index in [0.717, 1.165) is 5.56 Å². The zero-order valence-corrected chi connectivity index (χ0v) is 18.3. The second-order valence-corrected chi connectivity index (χ2v) is 6.92. The smallest absolute Gasteiger partial charge is 0.407 e. The van der Waals surface area contributed by atoms with E-state index in [4.69, 9.17) is 14.2 Å². The molecular formula is C23H29N3O5. The number of methoxy groups -OCH3 is 1. The molecule has 0 radical (unpaired) electrons. The van der Waals surface area contributed by atoms with Crippen LogP contribution in [0.15, 0.2) is 53.6 Å². The van der Waals surface area contributed by atoms with E-state index in [2.05, 4.69) is 15.8 Å². The van der Waals surface area contributed by atoms with Crippen molar-refractivity contribution in [1.82, 2.24) is 10.7 Å². The Balaban J connectivity index is 2.06. The van der Waals surface area contributed by atoms with Gasteiger partial charge in [-0.05, 0) is 50.1 Å². The number of rotatable bonds is 10. The average molecular weight is 428 g/mol. The van der Waals surface area contributed by atoms with Gasteiger partial charge in [0.15, 0.2) is 11.5 Å². The van der Waals surface area contributed by atoms with Crippen molar-refractivity contribution in [2.24, 2.45) is 5.10 Å². The van der Waals surface area contributed by atoms with Gasteiger partial charge in [0.25, 0.3) is 5.91 Å². The first-order chi connectivity index (χ1) is 14.9. The summed E-state index contributed by atoms with van der Waals surface area (Å²) in [6.07, 6.45) is 1.15. The largest absolute Gasteiger partial charge is 0.493 e. The van der Waals surface area contributed by atoms with Crippen LogP contribution in [-0.4, -0.2) is 44.1 Å². The third-order valence-electron chi connectivity index (χ3n) is 4.11. The standard InChI is InChI=1S/C23H29N3O5/c1-5-30-23(28)25-19(13-17-9-7-6-8-10-17)22(27)26-24-15-18-11-12-20(31-16(2)3)21(14-18)29-4/h6-12,14-16,19H,5,13H2,1-4H3,(H,25,28)(H,26,27)/b24-15-/t19-/m0/s1. The van der Waals surface area contributed by atoms with E-state index in [9.17, 15) is 9.59 Å². The number of hydrazone groups is 1. The third-order valence-corrected chi connectivity index (χ3v) is 4.11. The predicted octanol–water partition coefficient (Wildman–Crippen LogP) is 3.29. The fraction of sp³-hybridized carbons (Fsp3) is 0.348. The first-order valence-electron chi connectivity index (χ1n) is 10.1. The van der Waals surface area contributed by atoms with Gasteiger partial charge in [0.2, 0.25) is 0 Å². The van der Waals surface area contributed by atoms with Gasteiger partial charge in [0.1, 0.15) is 6.04 Å². The van der Waals surface area contributed by atoms with Crippen molar-refractivity contribution in [3.63, 3.8) is 0 Å². The summed E-state index contributed by atoms with van der Waals surface area (Å²) in [5, 5.41) is 6.59. The highest BCUT2D eigenvalue weighted by molar-refractivity contribution is 5.87. The molecule has 0 aliphatic carbocycles. The minimum Gasteiger partial charge on any atom is -0.493 e. The van der Waals surface area contributed by atoms with Gasteiger partial charge in [-0.2, -0.15) is 5.10 Å². The average Bonchev–Trinajstić information content (AvgIpc) is 2.74. The van der Waals surface area contributed by atoms with Crippen molar-refractivity contribution in [3.8, 4) is 11.5 Å². The van der Waals surface area contributed by atoms with Crippen molar-refractivity contribution in [3.05, 3.63) is 59.7 Å². The molecule has 166 valence electrons. The van der Waals surface area contributed by atoms with Crippen LogP contribution in [0.1, 0.15) is 31.9 Å². The second-order valence-electron chi connectivity index (χ2n) is 6.92. The molecule has 8 nitrogen and oxygen atoms in total. The lowest BCUT2D eigenvalue weighted by atomic mass is 10.1. The van der Waals surface area contributed by atoms with E-state index in [1.54, 1.807) is 32.2 Å². The zero-order valence-electron chi connectivity index (χ0n) is 18.3. The summed E-state index contributed by atoms with van der Waals surface area (Å²) >= 11 is 0. The number of hydrogen-bond acceptors (Lipinski definition) is 6. The van der Waals surface area contributed by atoms with Crippen LogP contribution >= 0.6 is 0 Å². The van der Waals surface area contributed by atoms with Crippen LogP contribution in [-0.2, 0) is 16.0 Å². The van der Waals surface area contributed by atoms with E-state index in [1.807, 2.05) is 44.2 Å². The molecule has 1 atom stereocenters. The molecule has 0 bridgehead atoms. The Kier molecular flexibility index (Phi) is 9.35. The van der Waals surface area contributed by atoms with Crippen LogP contribution in [0.4, 0.5) is 4.79 Å². The Morgan fingerprint density at radius 2 is 1.84 bits per heavy atom. The summed E-state index contributed by atoms with van der Waals surface area (Å²) in [5.74, 6) is 0.732. The molecule has 0 heterocycles. The fourth-order valence-corrected chi connectivity index (χ4v) is 2.74. The third kappa shape index (κ3) is 8.00. The number of benzene rings is 2. The minimum atomic E-state index is -0.838. The number of ether oxygens (including phenoxy) is 3. The Labute approximate surface area is 182 Å².